The van der Waals surface area contributed by atoms with Crippen molar-refractivity contribution >= 4 is 112 Å². The van der Waals surface area contributed by atoms with Crippen LogP contribution >= 0.6 is 0 Å². The highest BCUT2D eigenvalue weighted by atomic mass is 16.6. The first-order valence-corrected chi connectivity index (χ1v) is 46.5. The minimum Gasteiger partial charge on any atom is -0.497 e. The number of methoxy groups -OCH3 is 1. The average Bonchev–Trinajstić information content (AvgIpc) is 0.805. The van der Waals surface area contributed by atoms with Crippen molar-refractivity contribution < 1.29 is 124 Å². The van der Waals surface area contributed by atoms with Crippen LogP contribution in [0, 0.1) is 0 Å². The Balaban J connectivity index is 0.849. The molecule has 748 valence electrons. The van der Waals surface area contributed by atoms with E-state index in [9.17, 15) is 76.7 Å². The molecule has 0 heterocycles. The average molecular weight is 1960 g/mol. The predicted octanol–water partition coefficient (Wildman–Crippen LogP) is 9.46. The fraction of sp³-hybridized carbons (Fsp3) is 0.306. The number of fused-ring (bicyclic) bond motifs is 1. The van der Waals surface area contributed by atoms with Crippen LogP contribution < -0.4 is 36.6 Å². The number of carbonyl (C=O) groups excluding carboxylic acids is 17. The Morgan fingerprint density at radius 3 is 0.734 bits per heavy atom. The molecule has 0 aliphatic heterocycles. The third kappa shape index (κ3) is 39.6. The summed E-state index contributed by atoms with van der Waals surface area (Å²) in [5, 5.41) is 16.6. The summed E-state index contributed by atoms with van der Waals surface area (Å²) in [4.78, 5) is 242. The van der Waals surface area contributed by atoms with Gasteiger partial charge in [-0.05, 0) is 79.9 Å². The summed E-state index contributed by atoms with van der Waals surface area (Å²) in [7, 11) is 1.51. The summed E-state index contributed by atoms with van der Waals surface area (Å²) < 4.78 is 49.5. The van der Waals surface area contributed by atoms with Crippen molar-refractivity contribution in [1.82, 2.24) is 46.6 Å². The number of carbonyl (C=O) groups is 17. The van der Waals surface area contributed by atoms with Crippen LogP contribution in [-0.2, 0) is 172 Å². The van der Waals surface area contributed by atoms with Crippen molar-refractivity contribution in [2.75, 3.05) is 59.5 Å². The minimum atomic E-state index is -1.62. The predicted molar refractivity (Wildman–Crippen MR) is 518 cm³/mol. The molecule has 1 unspecified atom stereocenters. The maximum Gasteiger partial charge on any atom is 0.329 e. The number of ether oxygens (including phenoxy) is 9. The maximum absolute atomic E-state index is 15.0. The lowest BCUT2D eigenvalue weighted by Gasteiger charge is -2.27. The second-order valence-electron chi connectivity index (χ2n) is 33.1. The van der Waals surface area contributed by atoms with E-state index in [0.29, 0.717) is 55.8 Å². The van der Waals surface area contributed by atoms with Gasteiger partial charge in [0.15, 0.2) is 0 Å². The zero-order valence-electron chi connectivity index (χ0n) is 79.3. The van der Waals surface area contributed by atoms with Gasteiger partial charge in [-0.15, -0.1) is 0 Å². The molecule has 9 amide bonds. The fourth-order valence-electron chi connectivity index (χ4n) is 14.3. The van der Waals surface area contributed by atoms with Crippen molar-refractivity contribution in [3.05, 3.63) is 329 Å². The monoisotopic (exact) mass is 1950 g/mol. The maximum atomic E-state index is 15.0. The summed E-state index contributed by atoms with van der Waals surface area (Å²) in [6.45, 7) is -4.58. The number of esters is 8. The van der Waals surface area contributed by atoms with E-state index in [2.05, 4.69) is 31.9 Å². The van der Waals surface area contributed by atoms with Gasteiger partial charge >= 0.3 is 47.8 Å². The van der Waals surface area contributed by atoms with Gasteiger partial charge in [-0.1, -0.05) is 267 Å². The van der Waals surface area contributed by atoms with E-state index in [0.717, 1.165) is 20.6 Å². The second kappa shape index (κ2) is 58.9. The lowest BCUT2D eigenvalue weighted by molar-refractivity contribution is -0.155. The molecule has 10 aromatic carbocycles. The van der Waals surface area contributed by atoms with Crippen molar-refractivity contribution in [3.8, 4) is 5.75 Å². The molecular weight excluding hydrogens is 1840 g/mol. The van der Waals surface area contributed by atoms with E-state index in [1.54, 1.807) is 286 Å². The van der Waals surface area contributed by atoms with Gasteiger partial charge in [0.2, 0.25) is 53.2 Å². The van der Waals surface area contributed by atoms with E-state index in [4.69, 9.17) is 42.6 Å². The van der Waals surface area contributed by atoms with Gasteiger partial charge in [0.1, 0.15) is 82.8 Å². The van der Waals surface area contributed by atoms with Crippen molar-refractivity contribution in [2.45, 2.75) is 154 Å². The number of hydrogen-bond acceptors (Lipinski definition) is 26. The Morgan fingerprint density at radius 1 is 0.259 bits per heavy atom. The first-order valence-electron chi connectivity index (χ1n) is 46.5. The van der Waals surface area contributed by atoms with Crippen LogP contribution in [0.1, 0.15) is 127 Å². The van der Waals surface area contributed by atoms with Crippen molar-refractivity contribution in [3.63, 3.8) is 0 Å². The Kier molecular flexibility index (Phi) is 44.6. The van der Waals surface area contributed by atoms with Gasteiger partial charge < -0.3 is 89.2 Å². The molecule has 0 aliphatic carbocycles. The molecule has 35 nitrogen and oxygen atoms in total. The van der Waals surface area contributed by atoms with Gasteiger partial charge in [-0.25, -0.2) is 19.2 Å². The van der Waals surface area contributed by atoms with Gasteiger partial charge in [0.25, 0.3) is 0 Å². The Labute approximate surface area is 826 Å². The molecule has 35 heteroatoms. The standard InChI is InChI=1S/C108H115N9O26/c1-75(84-43-44-86-60-87(135-2)46-45-85(86)59-84)104(130)117(57-47-92(118)109-65-98(124)115(53-49-94(120)111-88(105(131)140-71-80-35-19-7-20-36-80)61-100(126)136-67-76-27-11-3-12-28-76)54-50-95(121)112-89(106(132)141-72-81-37-21-8-22-38-81)62-101(127)137-68-77-29-13-4-14-30-77)58-48-93(119)110-66-99(125)116(55-51-96(122)113-90(107(133)142-73-82-39-23-9-24-40-82)63-102(128)138-69-78-31-15-5-16-32-78)56-52-97(123)114-91(108(134)143-74-83-41-25-10-26-42-83)64-103(129)139-70-79-33-17-6-18-34-79/h3-46,59-60,75,88-91H,47-58,61-74H2,1-2H3,(H,109,118)(H,110,119)(H,111,120)(H,112,121)(H,113,122)(H,114,123)/t75?,88-,89-,90-,91-/m0/s1. The Bertz CT molecular complexity index is 5320. The first-order chi connectivity index (χ1) is 69.2. The van der Waals surface area contributed by atoms with E-state index < -0.39 is 248 Å². The van der Waals surface area contributed by atoms with Gasteiger partial charge in [-0.2, -0.15) is 0 Å². The second-order valence-corrected chi connectivity index (χ2v) is 33.1. The highest BCUT2D eigenvalue weighted by Gasteiger charge is 2.34. The smallest absolute Gasteiger partial charge is 0.329 e. The SMILES string of the molecule is COc1ccc2cc(C(C)C(=O)N(CCC(=O)NCC(=O)N(CCC(=O)N[C@@H](CC(=O)OCc3ccccc3)C(=O)OCc3ccccc3)CCC(=O)N[C@@H](CC(=O)OCc3ccccc3)C(=O)OCc3ccccc3)CCC(=O)NCC(=O)N(CCC(=O)N[C@@H](CC(=O)OCc3ccccc3)C(=O)OCc3ccccc3)CCC(=O)N[C@@H](CC(=O)OCc3ccccc3)C(=O)OCc3ccccc3)ccc2c1. The molecule has 0 saturated carbocycles. The number of rotatable bonds is 57. The molecule has 0 bridgehead atoms. The molecule has 0 radical (unpaired) electrons. The third-order valence-electron chi connectivity index (χ3n) is 22.3. The van der Waals surface area contributed by atoms with Gasteiger partial charge in [0.05, 0.1) is 51.8 Å². The number of amides is 9. The van der Waals surface area contributed by atoms with Crippen LogP contribution in [0.4, 0.5) is 0 Å². The summed E-state index contributed by atoms with van der Waals surface area (Å²) >= 11 is 0. The number of nitrogens with zero attached hydrogens (tertiary/aromatic N) is 3. The zero-order valence-corrected chi connectivity index (χ0v) is 79.3. The molecule has 0 fully saturated rings. The fourth-order valence-corrected chi connectivity index (χ4v) is 14.3. The first kappa shape index (κ1) is 108. The topological polar surface area (TPSA) is 455 Å². The molecule has 10 aromatic rings. The molecule has 10 rings (SSSR count). The van der Waals surface area contributed by atoms with Crippen LogP contribution in [0.15, 0.2) is 279 Å². The number of hydrogen-bond donors (Lipinski definition) is 6. The molecule has 143 heavy (non-hydrogen) atoms. The van der Waals surface area contributed by atoms with Gasteiger partial charge in [-0.3, -0.25) is 62.3 Å². The van der Waals surface area contributed by atoms with Gasteiger partial charge in [0, 0.05) is 77.8 Å². The molecule has 0 saturated heterocycles. The third-order valence-corrected chi connectivity index (χ3v) is 22.3. The van der Waals surface area contributed by atoms with Crippen molar-refractivity contribution in [2.24, 2.45) is 0 Å². The molecule has 0 spiro atoms. The Hall–Kier alpha value is -16.8. The van der Waals surface area contributed by atoms with Crippen LogP contribution in [0.5, 0.6) is 5.75 Å². The molecule has 5 atom stereocenters. The lowest BCUT2D eigenvalue weighted by atomic mass is 9.96. The largest absolute Gasteiger partial charge is 0.497 e. The Morgan fingerprint density at radius 2 is 0.483 bits per heavy atom. The highest BCUT2D eigenvalue weighted by Crippen LogP contribution is 2.28. The van der Waals surface area contributed by atoms with Crippen LogP contribution in [-0.4, -0.2) is 199 Å². The van der Waals surface area contributed by atoms with E-state index in [1.807, 2.05) is 0 Å². The zero-order chi connectivity index (χ0) is 102. The summed E-state index contributed by atoms with van der Waals surface area (Å²) in [5.74, 6) is -15.6. The minimum absolute atomic E-state index is 0.172. The van der Waals surface area contributed by atoms with Crippen LogP contribution in [0.25, 0.3) is 10.8 Å². The summed E-state index contributed by atoms with van der Waals surface area (Å²) in [6, 6.07) is 73.0. The van der Waals surface area contributed by atoms with Crippen LogP contribution in [0.3, 0.4) is 0 Å². The number of nitrogens with one attached hydrogen (secondary N) is 6. The normalized spacial score (nSPS) is 11.8. The quantitative estimate of drug-likeness (QED) is 0.0152. The van der Waals surface area contributed by atoms with E-state index in [1.165, 1.54) is 12.0 Å². The summed E-state index contributed by atoms with van der Waals surface area (Å²) in [6.07, 6.45) is -6.23. The molecular formula is C108H115N9O26. The van der Waals surface area contributed by atoms with Crippen molar-refractivity contribution in [1.29, 1.82) is 0 Å². The van der Waals surface area contributed by atoms with Crippen LogP contribution in [0.2, 0.25) is 0 Å². The van der Waals surface area contributed by atoms with E-state index in [-0.39, 0.29) is 52.9 Å². The molecule has 0 aromatic heterocycles. The summed E-state index contributed by atoms with van der Waals surface area (Å²) in [5.41, 5.74) is 5.38. The van der Waals surface area contributed by atoms with E-state index >= 15 is 4.79 Å². The highest BCUT2D eigenvalue weighted by molar-refractivity contribution is 5.94. The molecule has 6 N–H and O–H groups in total. The molecule has 0 aliphatic rings. The number of benzene rings is 10. The lowest BCUT2D eigenvalue weighted by Crippen LogP contribution is -2.47.